The Kier molecular flexibility index (Phi) is 3.52. The Hall–Kier alpha value is -0.900. The van der Waals surface area contributed by atoms with Crippen molar-refractivity contribution < 1.29 is 9.63 Å². The van der Waals surface area contributed by atoms with Crippen LogP contribution in [0.5, 0.6) is 0 Å². The third kappa shape index (κ3) is 3.06. The molecule has 1 unspecified atom stereocenters. The summed E-state index contributed by atoms with van der Waals surface area (Å²) >= 11 is 0. The zero-order valence-corrected chi connectivity index (χ0v) is 10.9. The Morgan fingerprint density at radius 2 is 2.00 bits per heavy atom. The van der Waals surface area contributed by atoms with E-state index in [4.69, 9.17) is 4.52 Å². The Bertz CT molecular complexity index is 362. The summed E-state index contributed by atoms with van der Waals surface area (Å²) in [5.74, 6) is 1.69. The van der Waals surface area contributed by atoms with E-state index in [0.29, 0.717) is 24.1 Å². The van der Waals surface area contributed by atoms with Crippen molar-refractivity contribution in [2.45, 2.75) is 64.4 Å². The van der Waals surface area contributed by atoms with Crippen LogP contribution in [0.1, 0.15) is 58.2 Å². The van der Waals surface area contributed by atoms with Crippen LogP contribution in [-0.4, -0.2) is 21.4 Å². The van der Waals surface area contributed by atoms with Crippen LogP contribution >= 0.6 is 0 Å². The first kappa shape index (κ1) is 12.6. The Labute approximate surface area is 102 Å². The number of aliphatic hydroxyl groups excluding tert-OH is 1. The van der Waals surface area contributed by atoms with Gasteiger partial charge in [0.1, 0.15) is 0 Å². The van der Waals surface area contributed by atoms with Crippen molar-refractivity contribution in [1.82, 2.24) is 10.1 Å². The van der Waals surface area contributed by atoms with E-state index in [0.717, 1.165) is 12.8 Å². The molecule has 1 aromatic heterocycles. The molecule has 1 aromatic rings. The first-order valence-electron chi connectivity index (χ1n) is 6.48. The molecule has 0 bridgehead atoms. The van der Waals surface area contributed by atoms with Crippen molar-refractivity contribution in [2.24, 2.45) is 5.92 Å². The average molecular weight is 238 g/mol. The quantitative estimate of drug-likeness (QED) is 0.878. The first-order valence-corrected chi connectivity index (χ1v) is 6.48. The van der Waals surface area contributed by atoms with Gasteiger partial charge in [-0.15, -0.1) is 0 Å². The van der Waals surface area contributed by atoms with Crippen LogP contribution in [0.3, 0.4) is 0 Å². The summed E-state index contributed by atoms with van der Waals surface area (Å²) < 4.78 is 5.20. The van der Waals surface area contributed by atoms with Gasteiger partial charge >= 0.3 is 0 Å². The summed E-state index contributed by atoms with van der Waals surface area (Å²) in [6.45, 7) is 6.15. The summed E-state index contributed by atoms with van der Waals surface area (Å²) in [6, 6.07) is 0. The highest BCUT2D eigenvalue weighted by atomic mass is 16.5. The highest BCUT2D eigenvalue weighted by molar-refractivity contribution is 5.00. The Balaban J connectivity index is 1.96. The standard InChI is InChI=1S/C13H22N2O2/c1-13(2,3)12-14-11(17-15-12)8-10(16)9-6-4-5-7-9/h9-10,16H,4-8H2,1-3H3. The second kappa shape index (κ2) is 4.77. The maximum Gasteiger partial charge on any atom is 0.229 e. The summed E-state index contributed by atoms with van der Waals surface area (Å²) in [5.41, 5.74) is -0.0972. The van der Waals surface area contributed by atoms with Gasteiger partial charge in [-0.25, -0.2) is 0 Å². The first-order chi connectivity index (χ1) is 7.97. The fraction of sp³-hybridized carbons (Fsp3) is 0.846. The maximum absolute atomic E-state index is 10.1. The molecule has 0 radical (unpaired) electrons. The summed E-state index contributed by atoms with van der Waals surface area (Å²) in [4.78, 5) is 4.36. The lowest BCUT2D eigenvalue weighted by molar-refractivity contribution is 0.102. The van der Waals surface area contributed by atoms with Crippen LogP contribution in [0.25, 0.3) is 0 Å². The smallest absolute Gasteiger partial charge is 0.229 e. The zero-order valence-electron chi connectivity index (χ0n) is 10.9. The molecule has 0 aromatic carbocycles. The third-order valence-corrected chi connectivity index (χ3v) is 3.47. The molecule has 0 spiro atoms. The van der Waals surface area contributed by atoms with E-state index in [-0.39, 0.29) is 11.5 Å². The molecular formula is C13H22N2O2. The minimum absolute atomic E-state index is 0.0972. The van der Waals surface area contributed by atoms with Gasteiger partial charge in [-0.05, 0) is 18.8 Å². The van der Waals surface area contributed by atoms with Gasteiger partial charge in [-0.2, -0.15) is 4.98 Å². The molecule has 4 nitrogen and oxygen atoms in total. The largest absolute Gasteiger partial charge is 0.392 e. The summed E-state index contributed by atoms with van der Waals surface area (Å²) in [6.07, 6.45) is 4.89. The second-order valence-corrected chi connectivity index (χ2v) is 6.08. The molecule has 1 fully saturated rings. The normalized spacial score (nSPS) is 19.8. The average Bonchev–Trinajstić information content (AvgIpc) is 2.85. The molecule has 17 heavy (non-hydrogen) atoms. The van der Waals surface area contributed by atoms with Crippen molar-refractivity contribution in [1.29, 1.82) is 0 Å². The molecule has 96 valence electrons. The van der Waals surface area contributed by atoms with Crippen molar-refractivity contribution >= 4 is 0 Å². The predicted octanol–water partition coefficient (Wildman–Crippen LogP) is 2.46. The topological polar surface area (TPSA) is 59.2 Å². The molecule has 1 heterocycles. The van der Waals surface area contributed by atoms with E-state index in [1.54, 1.807) is 0 Å². The molecule has 0 saturated heterocycles. The van der Waals surface area contributed by atoms with Gasteiger partial charge in [0, 0.05) is 5.41 Å². The number of aliphatic hydroxyl groups is 1. The number of nitrogens with zero attached hydrogens (tertiary/aromatic N) is 2. The third-order valence-electron chi connectivity index (χ3n) is 3.47. The van der Waals surface area contributed by atoms with Crippen molar-refractivity contribution in [3.05, 3.63) is 11.7 Å². The second-order valence-electron chi connectivity index (χ2n) is 6.08. The highest BCUT2D eigenvalue weighted by Crippen LogP contribution is 2.29. The summed E-state index contributed by atoms with van der Waals surface area (Å²) in [7, 11) is 0. The molecule has 1 N–H and O–H groups in total. The van der Waals surface area contributed by atoms with Crippen LogP contribution < -0.4 is 0 Å². The minimum Gasteiger partial charge on any atom is -0.392 e. The number of hydrogen-bond donors (Lipinski definition) is 1. The molecule has 0 aliphatic heterocycles. The van der Waals surface area contributed by atoms with E-state index < -0.39 is 0 Å². The van der Waals surface area contributed by atoms with Gasteiger partial charge in [0.15, 0.2) is 5.82 Å². The molecule has 4 heteroatoms. The van der Waals surface area contributed by atoms with Gasteiger partial charge < -0.3 is 9.63 Å². The molecule has 1 aliphatic rings. The maximum atomic E-state index is 10.1. The van der Waals surface area contributed by atoms with E-state index in [1.807, 2.05) is 0 Å². The fourth-order valence-corrected chi connectivity index (χ4v) is 2.33. The highest BCUT2D eigenvalue weighted by Gasteiger charge is 2.26. The van der Waals surface area contributed by atoms with Gasteiger partial charge in [-0.1, -0.05) is 38.8 Å². The van der Waals surface area contributed by atoms with E-state index >= 15 is 0 Å². The minimum atomic E-state index is -0.328. The van der Waals surface area contributed by atoms with Crippen LogP contribution in [-0.2, 0) is 11.8 Å². The van der Waals surface area contributed by atoms with Crippen LogP contribution in [0.4, 0.5) is 0 Å². The molecule has 0 amide bonds. The SMILES string of the molecule is CC(C)(C)c1noc(CC(O)C2CCCC2)n1. The fourth-order valence-electron chi connectivity index (χ4n) is 2.33. The van der Waals surface area contributed by atoms with Crippen LogP contribution in [0, 0.1) is 5.92 Å². The zero-order chi connectivity index (χ0) is 12.5. The van der Waals surface area contributed by atoms with Crippen LogP contribution in [0.2, 0.25) is 0 Å². The predicted molar refractivity (Wildman–Crippen MR) is 64.7 cm³/mol. The molecular weight excluding hydrogens is 216 g/mol. The molecule has 2 rings (SSSR count). The number of hydrogen-bond acceptors (Lipinski definition) is 4. The van der Waals surface area contributed by atoms with Gasteiger partial charge in [0.25, 0.3) is 0 Å². The Morgan fingerprint density at radius 3 is 2.53 bits per heavy atom. The monoisotopic (exact) mass is 238 g/mol. The lowest BCUT2D eigenvalue weighted by atomic mass is 9.96. The van der Waals surface area contributed by atoms with Crippen molar-refractivity contribution in [3.8, 4) is 0 Å². The molecule has 1 aliphatic carbocycles. The lowest BCUT2D eigenvalue weighted by Gasteiger charge is -2.15. The Morgan fingerprint density at radius 1 is 1.35 bits per heavy atom. The van der Waals surface area contributed by atoms with Gasteiger partial charge in [-0.3, -0.25) is 0 Å². The number of rotatable bonds is 3. The van der Waals surface area contributed by atoms with E-state index in [9.17, 15) is 5.11 Å². The summed E-state index contributed by atoms with van der Waals surface area (Å²) in [5, 5.41) is 14.1. The van der Waals surface area contributed by atoms with Crippen LogP contribution in [0.15, 0.2) is 4.52 Å². The van der Waals surface area contributed by atoms with Gasteiger partial charge in [0.05, 0.1) is 12.5 Å². The van der Waals surface area contributed by atoms with Gasteiger partial charge in [0.2, 0.25) is 5.89 Å². The van der Waals surface area contributed by atoms with Crippen molar-refractivity contribution in [3.63, 3.8) is 0 Å². The molecule has 1 atom stereocenters. The molecule has 1 saturated carbocycles. The lowest BCUT2D eigenvalue weighted by Crippen LogP contribution is -2.20. The van der Waals surface area contributed by atoms with Crippen molar-refractivity contribution in [2.75, 3.05) is 0 Å². The number of aromatic nitrogens is 2. The van der Waals surface area contributed by atoms with E-state index in [1.165, 1.54) is 12.8 Å². The van der Waals surface area contributed by atoms with E-state index in [2.05, 4.69) is 30.9 Å².